The number of nitrogens with zero attached hydrogens (tertiary/aromatic N) is 1. The molecular formula is C17H24N2O2. The Morgan fingerprint density at radius 2 is 2.05 bits per heavy atom. The van der Waals surface area contributed by atoms with Crippen LogP contribution in [0.25, 0.3) is 0 Å². The van der Waals surface area contributed by atoms with Gasteiger partial charge in [0.05, 0.1) is 0 Å². The fraction of sp³-hybridized carbons (Fsp3) is 0.588. The number of rotatable bonds is 2. The summed E-state index contributed by atoms with van der Waals surface area (Å²) < 4.78 is 0. The van der Waals surface area contributed by atoms with Crippen LogP contribution < -0.4 is 5.32 Å². The highest BCUT2D eigenvalue weighted by molar-refractivity contribution is 5.78. The van der Waals surface area contributed by atoms with E-state index in [-0.39, 0.29) is 18.6 Å². The molecule has 114 valence electrons. The molecule has 2 aliphatic rings. The van der Waals surface area contributed by atoms with E-state index < -0.39 is 0 Å². The summed E-state index contributed by atoms with van der Waals surface area (Å²) in [5, 5.41) is 12.9. The first kappa shape index (κ1) is 14.5. The Morgan fingerprint density at radius 3 is 2.81 bits per heavy atom. The highest BCUT2D eigenvalue weighted by atomic mass is 16.3. The number of hydrogen-bond acceptors (Lipinski definition) is 3. The van der Waals surface area contributed by atoms with Crippen molar-refractivity contribution in [2.45, 2.75) is 43.7 Å². The number of benzene rings is 1. The van der Waals surface area contributed by atoms with Crippen molar-refractivity contribution in [2.75, 3.05) is 19.7 Å². The summed E-state index contributed by atoms with van der Waals surface area (Å²) in [6.07, 6.45) is 4.62. The summed E-state index contributed by atoms with van der Waals surface area (Å²) in [7, 11) is 0. The van der Waals surface area contributed by atoms with Crippen LogP contribution in [0, 0.1) is 0 Å². The van der Waals surface area contributed by atoms with Crippen molar-refractivity contribution in [3.8, 4) is 0 Å². The van der Waals surface area contributed by atoms with Gasteiger partial charge in [0.2, 0.25) is 5.91 Å². The first-order valence-corrected chi connectivity index (χ1v) is 8.00. The molecule has 2 aliphatic heterocycles. The maximum absolute atomic E-state index is 12.1. The molecule has 0 saturated carbocycles. The molecule has 4 heteroatoms. The van der Waals surface area contributed by atoms with Crippen molar-refractivity contribution >= 4 is 5.91 Å². The van der Waals surface area contributed by atoms with Crippen molar-refractivity contribution in [1.29, 1.82) is 0 Å². The van der Waals surface area contributed by atoms with E-state index in [1.807, 2.05) is 11.0 Å². The first-order valence-electron chi connectivity index (χ1n) is 8.00. The lowest BCUT2D eigenvalue weighted by Gasteiger charge is -2.31. The monoisotopic (exact) mass is 288 g/mol. The largest absolute Gasteiger partial charge is 0.387 e. The Bertz CT molecular complexity index is 477. The second-order valence-electron chi connectivity index (χ2n) is 6.12. The standard InChI is InChI=1S/C17H24N2O2/c20-12-16(21)19-11-14(13-7-3-1-4-8-13)17-15(19)9-5-2-6-10-18-17/h1,3-4,7-8,14-15,17-18,20H,2,5-6,9-12H2/t14-,15-,17-/m0/s1. The molecule has 0 spiro atoms. The molecule has 2 fully saturated rings. The van der Waals surface area contributed by atoms with Gasteiger partial charge in [-0.2, -0.15) is 0 Å². The van der Waals surface area contributed by atoms with Gasteiger partial charge in [-0.3, -0.25) is 4.79 Å². The lowest BCUT2D eigenvalue weighted by Crippen LogP contribution is -2.47. The Kier molecular flexibility index (Phi) is 4.56. The molecule has 3 atom stereocenters. The molecule has 3 rings (SSSR count). The Hall–Kier alpha value is -1.39. The SMILES string of the molecule is O=C(CO)N1C[C@@H](c2ccccc2)[C@@H]2NCCCCC[C@@H]21. The number of carbonyl (C=O) groups is 1. The summed E-state index contributed by atoms with van der Waals surface area (Å²) in [6.45, 7) is 1.35. The predicted molar refractivity (Wildman–Crippen MR) is 82.0 cm³/mol. The van der Waals surface area contributed by atoms with E-state index in [0.29, 0.717) is 18.5 Å². The average molecular weight is 288 g/mol. The third-order valence-corrected chi connectivity index (χ3v) is 4.88. The summed E-state index contributed by atoms with van der Waals surface area (Å²) in [6, 6.07) is 11.0. The van der Waals surface area contributed by atoms with Crippen LogP contribution in [0.5, 0.6) is 0 Å². The summed E-state index contributed by atoms with van der Waals surface area (Å²) >= 11 is 0. The minimum Gasteiger partial charge on any atom is -0.387 e. The highest BCUT2D eigenvalue weighted by Crippen LogP contribution is 2.35. The molecule has 1 aromatic carbocycles. The molecule has 1 aromatic rings. The molecule has 0 radical (unpaired) electrons. The quantitative estimate of drug-likeness (QED) is 0.867. The van der Waals surface area contributed by atoms with E-state index in [1.54, 1.807) is 0 Å². The molecule has 21 heavy (non-hydrogen) atoms. The second kappa shape index (κ2) is 6.58. The van der Waals surface area contributed by atoms with Gasteiger partial charge >= 0.3 is 0 Å². The first-order chi connectivity index (χ1) is 10.3. The van der Waals surface area contributed by atoms with Gasteiger partial charge in [-0.05, 0) is 24.9 Å². The summed E-state index contributed by atoms with van der Waals surface area (Å²) in [4.78, 5) is 14.0. The van der Waals surface area contributed by atoms with Gasteiger partial charge in [-0.15, -0.1) is 0 Å². The van der Waals surface area contributed by atoms with Crippen LogP contribution in [0.2, 0.25) is 0 Å². The van der Waals surface area contributed by atoms with Crippen molar-refractivity contribution in [3.63, 3.8) is 0 Å². The Balaban J connectivity index is 1.88. The molecule has 2 saturated heterocycles. The predicted octanol–water partition coefficient (Wildman–Crippen LogP) is 1.51. The van der Waals surface area contributed by atoms with E-state index >= 15 is 0 Å². The highest BCUT2D eigenvalue weighted by Gasteiger charge is 2.43. The number of fused-ring (bicyclic) bond motifs is 1. The lowest BCUT2D eigenvalue weighted by atomic mass is 9.88. The Morgan fingerprint density at radius 1 is 1.24 bits per heavy atom. The number of likely N-dealkylation sites (tertiary alicyclic amines) is 1. The van der Waals surface area contributed by atoms with E-state index in [0.717, 1.165) is 13.0 Å². The smallest absolute Gasteiger partial charge is 0.248 e. The summed E-state index contributed by atoms with van der Waals surface area (Å²) in [5.74, 6) is 0.190. The van der Waals surface area contributed by atoms with E-state index in [4.69, 9.17) is 0 Å². The van der Waals surface area contributed by atoms with Crippen molar-refractivity contribution in [3.05, 3.63) is 35.9 Å². The number of aliphatic hydroxyl groups excluding tert-OH is 1. The third-order valence-electron chi connectivity index (χ3n) is 4.88. The van der Waals surface area contributed by atoms with Crippen LogP contribution in [-0.4, -0.2) is 47.7 Å². The van der Waals surface area contributed by atoms with Gasteiger partial charge < -0.3 is 15.3 Å². The normalized spacial score (nSPS) is 29.6. The molecule has 1 amide bonds. The molecular weight excluding hydrogens is 264 g/mol. The van der Waals surface area contributed by atoms with Gasteiger partial charge in [-0.1, -0.05) is 43.2 Å². The molecule has 0 unspecified atom stereocenters. The van der Waals surface area contributed by atoms with Gasteiger partial charge in [0.25, 0.3) is 0 Å². The fourth-order valence-electron chi connectivity index (χ4n) is 3.85. The number of carbonyl (C=O) groups excluding carboxylic acids is 1. The number of hydrogen-bond donors (Lipinski definition) is 2. The van der Waals surface area contributed by atoms with Gasteiger partial charge in [0, 0.05) is 24.5 Å². The number of nitrogens with one attached hydrogen (secondary N) is 1. The minimum atomic E-state index is -0.384. The molecule has 0 bridgehead atoms. The maximum Gasteiger partial charge on any atom is 0.248 e. The maximum atomic E-state index is 12.1. The molecule has 0 aliphatic carbocycles. The zero-order chi connectivity index (χ0) is 14.7. The number of aliphatic hydroxyl groups is 1. The van der Waals surface area contributed by atoms with Crippen molar-refractivity contribution < 1.29 is 9.90 Å². The van der Waals surface area contributed by atoms with Crippen molar-refractivity contribution in [2.24, 2.45) is 0 Å². The van der Waals surface area contributed by atoms with Gasteiger partial charge in [0.15, 0.2) is 0 Å². The van der Waals surface area contributed by atoms with Gasteiger partial charge in [0.1, 0.15) is 6.61 Å². The van der Waals surface area contributed by atoms with Crippen LogP contribution in [0.4, 0.5) is 0 Å². The lowest BCUT2D eigenvalue weighted by molar-refractivity contribution is -0.135. The van der Waals surface area contributed by atoms with Crippen LogP contribution >= 0.6 is 0 Å². The van der Waals surface area contributed by atoms with E-state index in [1.165, 1.54) is 24.8 Å². The Labute approximate surface area is 126 Å². The third kappa shape index (κ3) is 2.97. The van der Waals surface area contributed by atoms with Crippen LogP contribution in [0.1, 0.15) is 37.2 Å². The topological polar surface area (TPSA) is 52.6 Å². The fourth-order valence-corrected chi connectivity index (χ4v) is 3.85. The molecule has 2 heterocycles. The zero-order valence-corrected chi connectivity index (χ0v) is 12.4. The van der Waals surface area contributed by atoms with Crippen LogP contribution in [0.3, 0.4) is 0 Å². The molecule has 4 nitrogen and oxygen atoms in total. The molecule has 0 aromatic heterocycles. The second-order valence-corrected chi connectivity index (χ2v) is 6.12. The van der Waals surface area contributed by atoms with Gasteiger partial charge in [-0.25, -0.2) is 0 Å². The van der Waals surface area contributed by atoms with E-state index in [2.05, 4.69) is 29.6 Å². The molecule has 2 N–H and O–H groups in total. The zero-order valence-electron chi connectivity index (χ0n) is 12.4. The number of amides is 1. The van der Waals surface area contributed by atoms with Crippen LogP contribution in [-0.2, 0) is 4.79 Å². The summed E-state index contributed by atoms with van der Waals surface area (Å²) in [5.41, 5.74) is 1.29. The van der Waals surface area contributed by atoms with Crippen LogP contribution in [0.15, 0.2) is 30.3 Å². The minimum absolute atomic E-state index is 0.134. The average Bonchev–Trinajstić information content (AvgIpc) is 2.85. The van der Waals surface area contributed by atoms with E-state index in [9.17, 15) is 9.90 Å². The van der Waals surface area contributed by atoms with Crippen molar-refractivity contribution in [1.82, 2.24) is 10.2 Å².